The number of benzene rings is 1. The number of nitrogens with zero attached hydrogens (tertiary/aromatic N) is 1. The van der Waals surface area contributed by atoms with E-state index in [0.717, 1.165) is 6.42 Å². The highest BCUT2D eigenvalue weighted by Gasteiger charge is 2.09. The van der Waals surface area contributed by atoms with E-state index in [-0.39, 0.29) is 0 Å². The van der Waals surface area contributed by atoms with Gasteiger partial charge in [0.25, 0.3) is 0 Å². The zero-order valence-electron chi connectivity index (χ0n) is 10.6. The van der Waals surface area contributed by atoms with Crippen molar-refractivity contribution in [2.75, 3.05) is 0 Å². The number of hydrogen-bond acceptors (Lipinski definition) is 1. The van der Waals surface area contributed by atoms with Gasteiger partial charge in [-0.3, -0.25) is 0 Å². The minimum absolute atomic E-state index is 0.387. The number of thiol groups is 1. The molecule has 0 aliphatic rings. The third-order valence-electron chi connectivity index (χ3n) is 2.95. The molecule has 2 aromatic rings. The molecule has 0 aliphatic carbocycles. The van der Waals surface area contributed by atoms with Crippen LogP contribution in [0.4, 0.5) is 0 Å². The van der Waals surface area contributed by atoms with E-state index < -0.39 is 0 Å². The molecule has 1 aromatic heterocycles. The lowest BCUT2D eigenvalue weighted by Gasteiger charge is -2.12. The van der Waals surface area contributed by atoms with Gasteiger partial charge in [-0.15, -0.1) is 0 Å². The maximum absolute atomic E-state index is 4.49. The number of hydrogen-bond donors (Lipinski definition) is 1. The summed E-state index contributed by atoms with van der Waals surface area (Å²) in [7, 11) is 2.10. The Morgan fingerprint density at radius 3 is 2.59 bits per heavy atom. The molecule has 0 bridgehead atoms. The zero-order chi connectivity index (χ0) is 12.4. The second-order valence-corrected chi connectivity index (χ2v) is 5.61. The van der Waals surface area contributed by atoms with E-state index in [0.29, 0.717) is 5.25 Å². The minimum Gasteiger partial charge on any atom is -0.350 e. The Hall–Kier alpha value is -1.15. The van der Waals surface area contributed by atoms with Crippen LogP contribution in [-0.4, -0.2) is 9.82 Å². The standard InChI is InChI=1S/C15H19NS/c1-11-8-15(16(3)10-11)14-7-5-4-6-13(14)9-12(2)17/h4-8,10,12,17H,9H2,1-3H3/t12-/m0/s1. The quantitative estimate of drug-likeness (QED) is 0.784. The van der Waals surface area contributed by atoms with Gasteiger partial charge in [0, 0.05) is 29.8 Å². The Morgan fingerprint density at radius 2 is 2.00 bits per heavy atom. The molecule has 17 heavy (non-hydrogen) atoms. The summed E-state index contributed by atoms with van der Waals surface area (Å²) in [6.45, 7) is 4.27. The first-order valence-electron chi connectivity index (χ1n) is 5.97. The van der Waals surface area contributed by atoms with Gasteiger partial charge in [0.15, 0.2) is 0 Å². The predicted molar refractivity (Wildman–Crippen MR) is 77.7 cm³/mol. The Labute approximate surface area is 109 Å². The predicted octanol–water partition coefficient (Wildman–Crippen LogP) is 3.86. The van der Waals surface area contributed by atoms with E-state index in [9.17, 15) is 0 Å². The molecule has 0 N–H and O–H groups in total. The molecular weight excluding hydrogens is 226 g/mol. The van der Waals surface area contributed by atoms with Crippen LogP contribution in [-0.2, 0) is 13.5 Å². The van der Waals surface area contributed by atoms with Crippen LogP contribution in [0.15, 0.2) is 36.5 Å². The van der Waals surface area contributed by atoms with Gasteiger partial charge in [-0.1, -0.05) is 31.2 Å². The first kappa shape index (κ1) is 12.3. The van der Waals surface area contributed by atoms with Crippen LogP contribution in [0.25, 0.3) is 11.3 Å². The van der Waals surface area contributed by atoms with Crippen molar-refractivity contribution in [2.45, 2.75) is 25.5 Å². The molecule has 0 amide bonds. The van der Waals surface area contributed by atoms with Gasteiger partial charge in [0.1, 0.15) is 0 Å². The van der Waals surface area contributed by atoms with E-state index in [1.165, 1.54) is 22.4 Å². The van der Waals surface area contributed by atoms with Crippen molar-refractivity contribution >= 4 is 12.6 Å². The lowest BCUT2D eigenvalue weighted by molar-refractivity contribution is 0.918. The van der Waals surface area contributed by atoms with Crippen molar-refractivity contribution in [2.24, 2.45) is 7.05 Å². The molecule has 0 radical (unpaired) electrons. The van der Waals surface area contributed by atoms with E-state index in [1.54, 1.807) is 0 Å². The molecule has 1 nitrogen and oxygen atoms in total. The van der Waals surface area contributed by atoms with Gasteiger partial charge in [-0.25, -0.2) is 0 Å². The van der Waals surface area contributed by atoms with E-state index in [2.05, 4.69) is 74.6 Å². The second-order valence-electron chi connectivity index (χ2n) is 4.72. The lowest BCUT2D eigenvalue weighted by Crippen LogP contribution is -2.01. The summed E-state index contributed by atoms with van der Waals surface area (Å²) in [5, 5.41) is 0.387. The Balaban J connectivity index is 2.48. The van der Waals surface area contributed by atoms with Gasteiger partial charge in [-0.2, -0.15) is 12.6 Å². The van der Waals surface area contributed by atoms with Crippen LogP contribution in [0.5, 0.6) is 0 Å². The van der Waals surface area contributed by atoms with Gasteiger partial charge in [-0.05, 0) is 30.5 Å². The molecule has 0 fully saturated rings. The van der Waals surface area contributed by atoms with Gasteiger partial charge in [0.05, 0.1) is 0 Å². The molecule has 0 spiro atoms. The maximum atomic E-state index is 4.49. The normalized spacial score (nSPS) is 12.7. The topological polar surface area (TPSA) is 4.93 Å². The minimum atomic E-state index is 0.387. The first-order valence-corrected chi connectivity index (χ1v) is 6.49. The number of rotatable bonds is 3. The molecule has 90 valence electrons. The van der Waals surface area contributed by atoms with Gasteiger partial charge >= 0.3 is 0 Å². The molecule has 0 unspecified atom stereocenters. The maximum Gasteiger partial charge on any atom is 0.0483 e. The van der Waals surface area contributed by atoms with Crippen LogP contribution < -0.4 is 0 Å². The summed E-state index contributed by atoms with van der Waals surface area (Å²) in [4.78, 5) is 0. The highest BCUT2D eigenvalue weighted by molar-refractivity contribution is 7.80. The fourth-order valence-corrected chi connectivity index (χ4v) is 2.46. The number of aryl methyl sites for hydroxylation is 2. The van der Waals surface area contributed by atoms with Crippen LogP contribution in [0.3, 0.4) is 0 Å². The highest BCUT2D eigenvalue weighted by Crippen LogP contribution is 2.26. The van der Waals surface area contributed by atoms with Gasteiger partial charge < -0.3 is 4.57 Å². The SMILES string of the molecule is Cc1cc(-c2ccccc2C[C@H](C)S)n(C)c1. The molecule has 0 saturated heterocycles. The summed E-state index contributed by atoms with van der Waals surface area (Å²) in [6.07, 6.45) is 3.17. The molecular formula is C15H19NS. The average molecular weight is 245 g/mol. The van der Waals surface area contributed by atoms with Crippen molar-refractivity contribution in [3.8, 4) is 11.3 Å². The smallest absolute Gasteiger partial charge is 0.0483 e. The summed E-state index contributed by atoms with van der Waals surface area (Å²) in [6, 6.07) is 10.8. The molecule has 2 heteroatoms. The van der Waals surface area contributed by atoms with Crippen molar-refractivity contribution in [3.05, 3.63) is 47.7 Å². The molecule has 1 heterocycles. The second kappa shape index (κ2) is 5.01. The Morgan fingerprint density at radius 1 is 1.29 bits per heavy atom. The monoisotopic (exact) mass is 245 g/mol. The molecule has 2 rings (SSSR count). The molecule has 0 saturated carbocycles. The van der Waals surface area contributed by atoms with Crippen LogP contribution >= 0.6 is 12.6 Å². The first-order chi connectivity index (χ1) is 8.08. The largest absolute Gasteiger partial charge is 0.350 e. The van der Waals surface area contributed by atoms with Gasteiger partial charge in [0.2, 0.25) is 0 Å². The van der Waals surface area contributed by atoms with Crippen molar-refractivity contribution < 1.29 is 0 Å². The van der Waals surface area contributed by atoms with Crippen LogP contribution in [0.1, 0.15) is 18.1 Å². The fourth-order valence-electron chi connectivity index (χ4n) is 2.26. The lowest BCUT2D eigenvalue weighted by atomic mass is 10.0. The third kappa shape index (κ3) is 2.75. The summed E-state index contributed by atoms with van der Waals surface area (Å²) in [5.41, 5.74) is 5.28. The number of aromatic nitrogens is 1. The summed E-state index contributed by atoms with van der Waals surface area (Å²) in [5.74, 6) is 0. The Bertz CT molecular complexity index is 511. The summed E-state index contributed by atoms with van der Waals surface area (Å²) >= 11 is 4.49. The van der Waals surface area contributed by atoms with Crippen molar-refractivity contribution in [1.29, 1.82) is 0 Å². The zero-order valence-corrected chi connectivity index (χ0v) is 11.5. The van der Waals surface area contributed by atoms with E-state index in [1.807, 2.05) is 0 Å². The third-order valence-corrected chi connectivity index (χ3v) is 3.13. The van der Waals surface area contributed by atoms with E-state index in [4.69, 9.17) is 0 Å². The van der Waals surface area contributed by atoms with Crippen LogP contribution in [0.2, 0.25) is 0 Å². The highest BCUT2D eigenvalue weighted by atomic mass is 32.1. The van der Waals surface area contributed by atoms with Crippen LogP contribution in [0, 0.1) is 6.92 Å². The average Bonchev–Trinajstić information content (AvgIpc) is 2.58. The molecule has 1 aromatic carbocycles. The van der Waals surface area contributed by atoms with Crippen molar-refractivity contribution in [3.63, 3.8) is 0 Å². The fraction of sp³-hybridized carbons (Fsp3) is 0.333. The summed E-state index contributed by atoms with van der Waals surface area (Å²) < 4.78 is 2.19. The molecule has 0 aliphatic heterocycles. The molecule has 1 atom stereocenters. The van der Waals surface area contributed by atoms with Crippen molar-refractivity contribution in [1.82, 2.24) is 4.57 Å². The Kier molecular flexibility index (Phi) is 3.63. The van der Waals surface area contributed by atoms with E-state index >= 15 is 0 Å².